The molecule has 0 saturated carbocycles. The van der Waals surface area contributed by atoms with Gasteiger partial charge in [0.2, 0.25) is 15.9 Å². The van der Waals surface area contributed by atoms with Crippen LogP contribution in [0.5, 0.6) is 5.75 Å². The summed E-state index contributed by atoms with van der Waals surface area (Å²) >= 11 is 0. The minimum absolute atomic E-state index is 0.0963. The van der Waals surface area contributed by atoms with Gasteiger partial charge in [-0.05, 0) is 43.2 Å². The third-order valence-corrected chi connectivity index (χ3v) is 5.33. The van der Waals surface area contributed by atoms with Crippen molar-refractivity contribution in [3.63, 3.8) is 0 Å². The zero-order chi connectivity index (χ0) is 19.9. The Hall–Kier alpha value is -2.54. The number of sulfonamides is 1. The van der Waals surface area contributed by atoms with E-state index >= 15 is 0 Å². The molecule has 1 amide bonds. The largest absolute Gasteiger partial charge is 0.497 e. The highest BCUT2D eigenvalue weighted by Gasteiger charge is 2.18. The number of ether oxygens (including phenoxy) is 1. The van der Waals surface area contributed by atoms with Crippen LogP contribution in [-0.2, 0) is 21.2 Å². The minimum atomic E-state index is -3.46. The lowest BCUT2D eigenvalue weighted by Gasteiger charge is -2.22. The monoisotopic (exact) mass is 390 g/mol. The van der Waals surface area contributed by atoms with E-state index in [-0.39, 0.29) is 18.9 Å². The van der Waals surface area contributed by atoms with Gasteiger partial charge in [0.05, 0.1) is 19.1 Å². The molecule has 0 bridgehead atoms. The highest BCUT2D eigenvalue weighted by molar-refractivity contribution is 7.92. The second-order valence-corrected chi connectivity index (χ2v) is 8.28. The fraction of sp³-hybridized carbons (Fsp3) is 0.350. The fourth-order valence-electron chi connectivity index (χ4n) is 2.66. The molecule has 6 nitrogen and oxygen atoms in total. The van der Waals surface area contributed by atoms with Crippen LogP contribution in [0.15, 0.2) is 48.5 Å². The van der Waals surface area contributed by atoms with Gasteiger partial charge < -0.3 is 10.1 Å². The number of carbonyl (C=O) groups is 1. The molecule has 0 unspecified atom stereocenters. The number of hydrogen-bond acceptors (Lipinski definition) is 4. The molecule has 0 heterocycles. The van der Waals surface area contributed by atoms with E-state index in [2.05, 4.69) is 5.32 Å². The number of nitrogens with one attached hydrogen (secondary N) is 1. The standard InChI is InChI=1S/C20H26N2O4S/c1-16-7-9-18(10-8-16)22(27(3,24)25)14-12-20(23)21-13-11-17-5-4-6-19(15-17)26-2/h4-10,15H,11-14H2,1-3H3,(H,21,23). The molecule has 146 valence electrons. The second kappa shape index (κ2) is 9.41. The maximum atomic E-state index is 12.1. The Morgan fingerprint density at radius 2 is 1.85 bits per heavy atom. The maximum absolute atomic E-state index is 12.1. The smallest absolute Gasteiger partial charge is 0.232 e. The number of aryl methyl sites for hydroxylation is 1. The molecule has 7 heteroatoms. The van der Waals surface area contributed by atoms with Crippen molar-refractivity contribution >= 4 is 21.6 Å². The highest BCUT2D eigenvalue weighted by atomic mass is 32.2. The summed E-state index contributed by atoms with van der Waals surface area (Å²) in [4.78, 5) is 12.1. The summed E-state index contributed by atoms with van der Waals surface area (Å²) in [6, 6.07) is 14.9. The van der Waals surface area contributed by atoms with Crippen LogP contribution < -0.4 is 14.4 Å². The van der Waals surface area contributed by atoms with Gasteiger partial charge in [-0.2, -0.15) is 0 Å². The van der Waals surface area contributed by atoms with Crippen molar-refractivity contribution in [1.29, 1.82) is 0 Å². The van der Waals surface area contributed by atoms with Crippen LogP contribution in [-0.4, -0.2) is 40.8 Å². The van der Waals surface area contributed by atoms with Gasteiger partial charge in [0, 0.05) is 19.5 Å². The molecule has 0 aliphatic heterocycles. The summed E-state index contributed by atoms with van der Waals surface area (Å²) in [5.74, 6) is 0.597. The molecular formula is C20H26N2O4S. The van der Waals surface area contributed by atoms with Gasteiger partial charge in [-0.15, -0.1) is 0 Å². The third-order valence-electron chi connectivity index (χ3n) is 4.13. The number of amides is 1. The highest BCUT2D eigenvalue weighted by Crippen LogP contribution is 2.18. The van der Waals surface area contributed by atoms with E-state index in [1.165, 1.54) is 4.31 Å². The van der Waals surface area contributed by atoms with Crippen LogP contribution in [0.2, 0.25) is 0 Å². The molecule has 0 aromatic heterocycles. The second-order valence-electron chi connectivity index (χ2n) is 6.37. The third kappa shape index (κ3) is 6.60. The molecule has 2 aromatic carbocycles. The van der Waals surface area contributed by atoms with Crippen LogP contribution >= 0.6 is 0 Å². The Bertz CT molecular complexity index is 864. The number of anilines is 1. The molecule has 0 fully saturated rings. The van der Waals surface area contributed by atoms with Gasteiger partial charge in [-0.1, -0.05) is 29.8 Å². The summed E-state index contributed by atoms with van der Waals surface area (Å²) in [6.45, 7) is 2.52. The Morgan fingerprint density at radius 1 is 1.15 bits per heavy atom. The summed E-state index contributed by atoms with van der Waals surface area (Å²) in [7, 11) is -1.84. The summed E-state index contributed by atoms with van der Waals surface area (Å²) in [5.41, 5.74) is 2.67. The van der Waals surface area contributed by atoms with Crippen molar-refractivity contribution < 1.29 is 17.9 Å². The quantitative estimate of drug-likeness (QED) is 0.714. The van der Waals surface area contributed by atoms with Gasteiger partial charge >= 0.3 is 0 Å². The van der Waals surface area contributed by atoms with Crippen LogP contribution in [0.1, 0.15) is 17.5 Å². The lowest BCUT2D eigenvalue weighted by atomic mass is 10.1. The van der Waals surface area contributed by atoms with E-state index in [4.69, 9.17) is 4.74 Å². The molecule has 2 aromatic rings. The number of benzene rings is 2. The first-order chi connectivity index (χ1) is 12.8. The van der Waals surface area contributed by atoms with E-state index in [1.54, 1.807) is 19.2 Å². The van der Waals surface area contributed by atoms with Crippen molar-refractivity contribution in [1.82, 2.24) is 5.32 Å². The molecule has 27 heavy (non-hydrogen) atoms. The zero-order valence-corrected chi connectivity index (χ0v) is 16.8. The molecule has 0 atom stereocenters. The van der Waals surface area contributed by atoms with Crippen LogP contribution in [0.3, 0.4) is 0 Å². The molecule has 0 radical (unpaired) electrons. The van der Waals surface area contributed by atoms with Gasteiger partial charge in [-0.3, -0.25) is 9.10 Å². The molecule has 0 aliphatic rings. The molecule has 0 aliphatic carbocycles. The van der Waals surface area contributed by atoms with Crippen molar-refractivity contribution in [3.8, 4) is 5.75 Å². The number of rotatable bonds is 9. The van der Waals surface area contributed by atoms with Crippen LogP contribution in [0, 0.1) is 6.92 Å². The molecule has 0 spiro atoms. The topological polar surface area (TPSA) is 75.7 Å². The molecule has 0 saturated heterocycles. The van der Waals surface area contributed by atoms with E-state index in [0.29, 0.717) is 18.7 Å². The predicted octanol–water partition coefficient (Wildman–Crippen LogP) is 2.52. The summed E-state index contributed by atoms with van der Waals surface area (Å²) in [5, 5.41) is 2.83. The molecule has 2 rings (SSSR count). The van der Waals surface area contributed by atoms with Crippen molar-refractivity contribution in [2.24, 2.45) is 0 Å². The maximum Gasteiger partial charge on any atom is 0.232 e. The first-order valence-corrected chi connectivity index (χ1v) is 10.6. The van der Waals surface area contributed by atoms with Gasteiger partial charge in [0.15, 0.2) is 0 Å². The number of carbonyl (C=O) groups excluding carboxylic acids is 1. The normalized spacial score (nSPS) is 11.1. The van der Waals surface area contributed by atoms with Gasteiger partial charge in [0.25, 0.3) is 0 Å². The Labute approximate surface area is 161 Å². The van der Waals surface area contributed by atoms with E-state index in [9.17, 15) is 13.2 Å². The molecular weight excluding hydrogens is 364 g/mol. The van der Waals surface area contributed by atoms with Gasteiger partial charge in [0.1, 0.15) is 5.75 Å². The van der Waals surface area contributed by atoms with Crippen molar-refractivity contribution in [2.45, 2.75) is 19.8 Å². The SMILES string of the molecule is COc1cccc(CCNC(=O)CCN(c2ccc(C)cc2)S(C)(=O)=O)c1. The average Bonchev–Trinajstić information content (AvgIpc) is 2.62. The molecule has 1 N–H and O–H groups in total. The first kappa shape index (κ1) is 20.8. The van der Waals surface area contributed by atoms with E-state index in [1.807, 2.05) is 43.3 Å². The summed E-state index contributed by atoms with van der Waals surface area (Å²) < 4.78 is 30.6. The number of hydrogen-bond donors (Lipinski definition) is 1. The van der Waals surface area contributed by atoms with Crippen LogP contribution in [0.4, 0.5) is 5.69 Å². The Balaban J connectivity index is 1.87. The number of methoxy groups -OCH3 is 1. The zero-order valence-electron chi connectivity index (χ0n) is 15.9. The minimum Gasteiger partial charge on any atom is -0.497 e. The summed E-state index contributed by atoms with van der Waals surface area (Å²) in [6.07, 6.45) is 1.92. The number of nitrogens with zero attached hydrogens (tertiary/aromatic N) is 1. The fourth-order valence-corrected chi connectivity index (χ4v) is 3.59. The van der Waals surface area contributed by atoms with Crippen molar-refractivity contribution in [2.75, 3.05) is 30.8 Å². The Kier molecular flexibility index (Phi) is 7.24. The van der Waals surface area contributed by atoms with E-state index < -0.39 is 10.0 Å². The lowest BCUT2D eigenvalue weighted by molar-refractivity contribution is -0.120. The average molecular weight is 391 g/mol. The van der Waals surface area contributed by atoms with E-state index in [0.717, 1.165) is 23.1 Å². The lowest BCUT2D eigenvalue weighted by Crippen LogP contribution is -2.35. The van der Waals surface area contributed by atoms with Crippen molar-refractivity contribution in [3.05, 3.63) is 59.7 Å². The first-order valence-electron chi connectivity index (χ1n) is 8.73. The van der Waals surface area contributed by atoms with Gasteiger partial charge in [-0.25, -0.2) is 8.42 Å². The van der Waals surface area contributed by atoms with Crippen LogP contribution in [0.25, 0.3) is 0 Å². The predicted molar refractivity (Wildman–Crippen MR) is 108 cm³/mol. The Morgan fingerprint density at radius 3 is 2.48 bits per heavy atom.